The van der Waals surface area contributed by atoms with Crippen LogP contribution in [-0.4, -0.2) is 37.5 Å². The summed E-state index contributed by atoms with van der Waals surface area (Å²) < 4.78 is 18.2. The van der Waals surface area contributed by atoms with Gasteiger partial charge in [0.25, 0.3) is 0 Å². The number of rotatable bonds is 4. The Balaban J connectivity index is 0.00000208. The second kappa shape index (κ2) is 7.75. The highest BCUT2D eigenvalue weighted by Gasteiger charge is 2.51. The van der Waals surface area contributed by atoms with E-state index in [1.807, 2.05) is 0 Å². The Morgan fingerprint density at radius 2 is 1.58 bits per heavy atom. The van der Waals surface area contributed by atoms with E-state index in [0.717, 1.165) is 31.4 Å². The van der Waals surface area contributed by atoms with Crippen molar-refractivity contribution in [3.05, 3.63) is 29.8 Å². The summed E-state index contributed by atoms with van der Waals surface area (Å²) in [5.74, 6) is 0. The first-order chi connectivity index (χ1) is 10.9. The molecule has 2 saturated heterocycles. The Kier molecular flexibility index (Phi) is 6.37. The standard InChI is InChI=1S/C18H28BNO3.ClH/c1-17(2)18(3,4)23-19(22-17)15-7-5-14(6-8-15)13-21-16-9-11-20-12-10-16;/h5-8,16,20H,9-13H2,1-4H3;1H. The molecular formula is C18H29BClNO3. The Morgan fingerprint density at radius 1 is 1.04 bits per heavy atom. The molecule has 24 heavy (non-hydrogen) atoms. The number of nitrogens with one attached hydrogen (secondary N) is 1. The summed E-state index contributed by atoms with van der Waals surface area (Å²) in [5, 5.41) is 3.36. The van der Waals surface area contributed by atoms with Gasteiger partial charge in [-0.05, 0) is 64.7 Å². The van der Waals surface area contributed by atoms with Gasteiger partial charge in [0, 0.05) is 0 Å². The maximum absolute atomic E-state index is 6.08. The van der Waals surface area contributed by atoms with E-state index in [4.69, 9.17) is 14.0 Å². The van der Waals surface area contributed by atoms with Gasteiger partial charge >= 0.3 is 7.12 Å². The Hall–Kier alpha value is -0.585. The van der Waals surface area contributed by atoms with Gasteiger partial charge in [0.15, 0.2) is 0 Å². The summed E-state index contributed by atoms with van der Waals surface area (Å²) in [6.07, 6.45) is 2.59. The van der Waals surface area contributed by atoms with Gasteiger partial charge in [-0.25, -0.2) is 0 Å². The second-order valence-corrected chi connectivity index (χ2v) is 7.59. The molecule has 2 aliphatic rings. The van der Waals surface area contributed by atoms with E-state index in [0.29, 0.717) is 12.7 Å². The zero-order valence-corrected chi connectivity index (χ0v) is 15.9. The molecule has 1 aromatic carbocycles. The second-order valence-electron chi connectivity index (χ2n) is 7.59. The van der Waals surface area contributed by atoms with Crippen LogP contribution >= 0.6 is 12.4 Å². The Bertz CT molecular complexity index is 514. The molecule has 0 amide bonds. The lowest BCUT2D eigenvalue weighted by atomic mass is 9.79. The van der Waals surface area contributed by atoms with E-state index in [-0.39, 0.29) is 30.7 Å². The minimum absolute atomic E-state index is 0. The monoisotopic (exact) mass is 353 g/mol. The highest BCUT2D eigenvalue weighted by atomic mass is 35.5. The first kappa shape index (κ1) is 19.7. The molecule has 134 valence electrons. The van der Waals surface area contributed by atoms with Crippen LogP contribution in [0.5, 0.6) is 0 Å². The van der Waals surface area contributed by atoms with Crippen LogP contribution in [-0.2, 0) is 20.7 Å². The van der Waals surface area contributed by atoms with Crippen molar-refractivity contribution in [1.82, 2.24) is 5.32 Å². The topological polar surface area (TPSA) is 39.7 Å². The van der Waals surface area contributed by atoms with Gasteiger partial charge < -0.3 is 19.4 Å². The number of hydrogen-bond acceptors (Lipinski definition) is 4. The van der Waals surface area contributed by atoms with Gasteiger partial charge in [-0.2, -0.15) is 0 Å². The van der Waals surface area contributed by atoms with Crippen molar-refractivity contribution in [1.29, 1.82) is 0 Å². The lowest BCUT2D eigenvalue weighted by molar-refractivity contribution is 0.00578. The van der Waals surface area contributed by atoms with Gasteiger partial charge in [0.1, 0.15) is 0 Å². The molecule has 0 spiro atoms. The lowest BCUT2D eigenvalue weighted by Gasteiger charge is -2.32. The molecule has 2 fully saturated rings. The Morgan fingerprint density at radius 3 is 2.12 bits per heavy atom. The zero-order chi connectivity index (χ0) is 16.5. The molecule has 1 N–H and O–H groups in total. The number of benzene rings is 1. The largest absolute Gasteiger partial charge is 0.494 e. The van der Waals surface area contributed by atoms with Crippen LogP contribution in [0.4, 0.5) is 0 Å². The predicted molar refractivity (Wildman–Crippen MR) is 100 cm³/mol. The van der Waals surface area contributed by atoms with Crippen LogP contribution in [0.1, 0.15) is 46.1 Å². The van der Waals surface area contributed by atoms with E-state index >= 15 is 0 Å². The van der Waals surface area contributed by atoms with Crippen molar-refractivity contribution in [2.45, 2.75) is 64.4 Å². The van der Waals surface area contributed by atoms with Gasteiger partial charge in [0.2, 0.25) is 0 Å². The van der Waals surface area contributed by atoms with Crippen molar-refractivity contribution in [3.8, 4) is 0 Å². The van der Waals surface area contributed by atoms with Crippen LogP contribution in [0.3, 0.4) is 0 Å². The highest BCUT2D eigenvalue weighted by molar-refractivity contribution is 6.62. The molecule has 1 aromatic rings. The molecular weight excluding hydrogens is 324 g/mol. The number of hydrogen-bond donors (Lipinski definition) is 1. The highest BCUT2D eigenvalue weighted by Crippen LogP contribution is 2.36. The Labute approximate surface area is 152 Å². The summed E-state index contributed by atoms with van der Waals surface area (Å²) in [7, 11) is -0.292. The zero-order valence-electron chi connectivity index (χ0n) is 15.1. The number of halogens is 1. The van der Waals surface area contributed by atoms with Crippen LogP contribution in [0.25, 0.3) is 0 Å². The van der Waals surface area contributed by atoms with Crippen molar-refractivity contribution in [2.24, 2.45) is 0 Å². The normalized spacial score (nSPS) is 23.1. The summed E-state index contributed by atoms with van der Waals surface area (Å²) in [4.78, 5) is 0. The lowest BCUT2D eigenvalue weighted by Crippen LogP contribution is -2.41. The van der Waals surface area contributed by atoms with Gasteiger partial charge in [-0.15, -0.1) is 12.4 Å². The molecule has 2 heterocycles. The van der Waals surface area contributed by atoms with Crippen molar-refractivity contribution < 1.29 is 14.0 Å². The maximum Gasteiger partial charge on any atom is 0.494 e. The fourth-order valence-electron chi connectivity index (χ4n) is 2.93. The third-order valence-corrected chi connectivity index (χ3v) is 5.28. The molecule has 0 bridgehead atoms. The molecule has 0 radical (unpaired) electrons. The van der Waals surface area contributed by atoms with Crippen LogP contribution < -0.4 is 10.8 Å². The minimum atomic E-state index is -0.297. The average Bonchev–Trinajstić information content (AvgIpc) is 2.75. The predicted octanol–water partition coefficient (Wildman–Crippen LogP) is 2.68. The van der Waals surface area contributed by atoms with Crippen molar-refractivity contribution >= 4 is 25.0 Å². The minimum Gasteiger partial charge on any atom is -0.399 e. The number of ether oxygens (including phenoxy) is 1. The molecule has 2 aliphatic heterocycles. The molecule has 3 rings (SSSR count). The summed E-state index contributed by atoms with van der Waals surface area (Å²) in [6.45, 7) is 11.1. The van der Waals surface area contributed by atoms with Crippen molar-refractivity contribution in [3.63, 3.8) is 0 Å². The van der Waals surface area contributed by atoms with Crippen LogP contribution in [0, 0.1) is 0 Å². The first-order valence-corrected chi connectivity index (χ1v) is 8.64. The third kappa shape index (κ3) is 4.33. The quantitative estimate of drug-likeness (QED) is 0.845. The van der Waals surface area contributed by atoms with Crippen LogP contribution in [0.2, 0.25) is 0 Å². The number of piperidine rings is 1. The van der Waals surface area contributed by atoms with E-state index in [1.54, 1.807) is 0 Å². The van der Waals surface area contributed by atoms with Crippen molar-refractivity contribution in [2.75, 3.05) is 13.1 Å². The fourth-order valence-corrected chi connectivity index (χ4v) is 2.93. The summed E-state index contributed by atoms with van der Waals surface area (Å²) in [5.41, 5.74) is 1.67. The molecule has 0 aliphatic carbocycles. The fraction of sp³-hybridized carbons (Fsp3) is 0.667. The van der Waals surface area contributed by atoms with E-state index in [9.17, 15) is 0 Å². The van der Waals surface area contributed by atoms with E-state index < -0.39 is 0 Å². The SMILES string of the molecule is CC1(C)OB(c2ccc(COC3CCNCC3)cc2)OC1(C)C.Cl. The molecule has 0 saturated carbocycles. The van der Waals surface area contributed by atoms with Gasteiger partial charge in [-0.3, -0.25) is 0 Å². The van der Waals surface area contributed by atoms with E-state index in [1.165, 1.54) is 5.56 Å². The average molecular weight is 354 g/mol. The van der Waals surface area contributed by atoms with E-state index in [2.05, 4.69) is 57.3 Å². The molecule has 6 heteroatoms. The molecule has 0 aromatic heterocycles. The summed E-state index contributed by atoms with van der Waals surface area (Å²) >= 11 is 0. The third-order valence-electron chi connectivity index (χ3n) is 5.28. The van der Waals surface area contributed by atoms with Gasteiger partial charge in [0.05, 0.1) is 23.9 Å². The molecule has 0 atom stereocenters. The first-order valence-electron chi connectivity index (χ1n) is 8.64. The summed E-state index contributed by atoms with van der Waals surface area (Å²) in [6, 6.07) is 8.40. The smallest absolute Gasteiger partial charge is 0.399 e. The van der Waals surface area contributed by atoms with Crippen LogP contribution in [0.15, 0.2) is 24.3 Å². The molecule has 4 nitrogen and oxygen atoms in total. The van der Waals surface area contributed by atoms with Gasteiger partial charge in [-0.1, -0.05) is 24.3 Å². The molecule has 0 unspecified atom stereocenters. The maximum atomic E-state index is 6.08.